The van der Waals surface area contributed by atoms with Crippen molar-refractivity contribution in [2.24, 2.45) is 5.73 Å². The van der Waals surface area contributed by atoms with Crippen LogP contribution in [0.15, 0.2) is 42.5 Å². The van der Waals surface area contributed by atoms with E-state index in [2.05, 4.69) is 10.6 Å². The third-order valence-electron chi connectivity index (χ3n) is 5.67. The van der Waals surface area contributed by atoms with Crippen LogP contribution in [0.5, 0.6) is 5.75 Å². The number of nitrogens with one attached hydrogen (secondary N) is 2. The van der Waals surface area contributed by atoms with Crippen molar-refractivity contribution in [1.82, 2.24) is 10.2 Å². The number of phenols is 1. The number of aryl methyl sites for hydroxylation is 2. The van der Waals surface area contributed by atoms with Crippen molar-refractivity contribution >= 4 is 29.5 Å². The summed E-state index contributed by atoms with van der Waals surface area (Å²) in [5.74, 6) is -2.26. The molecule has 2 aromatic carbocycles. The van der Waals surface area contributed by atoms with Crippen LogP contribution in [0.2, 0.25) is 0 Å². The van der Waals surface area contributed by atoms with Gasteiger partial charge in [0.2, 0.25) is 11.8 Å². The van der Waals surface area contributed by atoms with Gasteiger partial charge >= 0.3 is 6.09 Å². The molecule has 2 atom stereocenters. The van der Waals surface area contributed by atoms with Gasteiger partial charge in [0, 0.05) is 17.8 Å². The number of carbonyl (C=O) groups is 4. The maximum absolute atomic E-state index is 13.9. The molecule has 10 nitrogen and oxygen atoms in total. The third kappa shape index (κ3) is 8.22. The fourth-order valence-electron chi connectivity index (χ4n) is 3.93. The number of hydrogen-bond acceptors (Lipinski definition) is 6. The number of anilines is 1. The van der Waals surface area contributed by atoms with Crippen molar-refractivity contribution in [2.45, 2.75) is 72.1 Å². The van der Waals surface area contributed by atoms with Crippen LogP contribution in [-0.4, -0.2) is 52.0 Å². The van der Waals surface area contributed by atoms with Crippen LogP contribution in [-0.2, 0) is 19.1 Å². The topological polar surface area (TPSA) is 151 Å². The van der Waals surface area contributed by atoms with E-state index in [4.69, 9.17) is 10.5 Å². The van der Waals surface area contributed by atoms with Crippen molar-refractivity contribution in [3.05, 3.63) is 59.2 Å². The smallest absolute Gasteiger partial charge is 0.408 e. The number of rotatable bonds is 10. The standard InChI is InChI=1S/C28H38N4O6/c1-7-15-32(26(36)21(16-22(29)33)31-27(37)38-28(4,5)6)23(19-13-10-12-18(3)24(19)34)25(35)30-20-14-9-8-11-17(20)2/h8-14,21,23,34H,7,15-16H2,1-6H3,(H2,29,33)(H,30,35)(H,31,37). The number of amides is 4. The predicted octanol–water partition coefficient (Wildman–Crippen LogP) is 3.70. The molecule has 2 rings (SSSR count). The van der Waals surface area contributed by atoms with E-state index in [1.807, 2.05) is 26.0 Å². The predicted molar refractivity (Wildman–Crippen MR) is 144 cm³/mol. The molecule has 10 heteroatoms. The summed E-state index contributed by atoms with van der Waals surface area (Å²) in [6.45, 7) is 10.4. The Kier molecular flexibility index (Phi) is 10.3. The fraction of sp³-hybridized carbons (Fsp3) is 0.429. The van der Waals surface area contributed by atoms with Gasteiger partial charge < -0.3 is 31.1 Å². The van der Waals surface area contributed by atoms with Gasteiger partial charge in [0.05, 0.1) is 6.42 Å². The van der Waals surface area contributed by atoms with E-state index in [-0.39, 0.29) is 17.9 Å². The van der Waals surface area contributed by atoms with Crippen LogP contribution < -0.4 is 16.4 Å². The van der Waals surface area contributed by atoms with E-state index in [1.165, 1.54) is 4.90 Å². The lowest BCUT2D eigenvalue weighted by Crippen LogP contribution is -2.53. The molecule has 0 saturated carbocycles. The van der Waals surface area contributed by atoms with Crippen LogP contribution in [0.4, 0.5) is 10.5 Å². The van der Waals surface area contributed by atoms with Gasteiger partial charge in [-0.3, -0.25) is 14.4 Å². The van der Waals surface area contributed by atoms with E-state index in [9.17, 15) is 24.3 Å². The largest absolute Gasteiger partial charge is 0.507 e. The number of para-hydroxylation sites is 2. The van der Waals surface area contributed by atoms with E-state index >= 15 is 0 Å². The highest BCUT2D eigenvalue weighted by Gasteiger charge is 2.38. The van der Waals surface area contributed by atoms with Crippen molar-refractivity contribution < 1.29 is 29.0 Å². The average molecular weight is 527 g/mol. The van der Waals surface area contributed by atoms with Gasteiger partial charge in [-0.25, -0.2) is 4.79 Å². The molecule has 5 N–H and O–H groups in total. The number of nitrogens with two attached hydrogens (primary N) is 1. The van der Waals surface area contributed by atoms with Gasteiger partial charge in [-0.1, -0.05) is 43.3 Å². The molecule has 2 unspecified atom stereocenters. The SMILES string of the molecule is CCCN(C(=O)C(CC(N)=O)NC(=O)OC(C)(C)C)C(C(=O)Nc1ccccc1C)c1cccc(C)c1O. The van der Waals surface area contributed by atoms with Crippen molar-refractivity contribution in [3.63, 3.8) is 0 Å². The van der Waals surface area contributed by atoms with E-state index in [1.54, 1.807) is 58.0 Å². The summed E-state index contributed by atoms with van der Waals surface area (Å²) >= 11 is 0. The van der Waals surface area contributed by atoms with Crippen LogP contribution in [0.3, 0.4) is 0 Å². The molecule has 38 heavy (non-hydrogen) atoms. The zero-order valence-electron chi connectivity index (χ0n) is 22.8. The Balaban J connectivity index is 2.57. The highest BCUT2D eigenvalue weighted by Crippen LogP contribution is 2.33. The van der Waals surface area contributed by atoms with E-state index in [0.29, 0.717) is 17.7 Å². The van der Waals surface area contributed by atoms with Gasteiger partial charge in [0.1, 0.15) is 23.4 Å². The molecule has 2 aromatic rings. The quantitative estimate of drug-likeness (QED) is 0.371. The monoisotopic (exact) mass is 526 g/mol. The van der Waals surface area contributed by atoms with Gasteiger partial charge in [0.25, 0.3) is 5.91 Å². The van der Waals surface area contributed by atoms with E-state index < -0.39 is 47.9 Å². The number of alkyl carbamates (subject to hydrolysis) is 1. The van der Waals surface area contributed by atoms with Gasteiger partial charge in [-0.15, -0.1) is 0 Å². The Morgan fingerprint density at radius 2 is 1.66 bits per heavy atom. The number of phenolic OH excluding ortho intramolecular Hbond substituents is 1. The first-order chi connectivity index (χ1) is 17.7. The number of benzene rings is 2. The Morgan fingerprint density at radius 1 is 1.03 bits per heavy atom. The van der Waals surface area contributed by atoms with Crippen LogP contribution in [0.1, 0.15) is 63.3 Å². The minimum absolute atomic E-state index is 0.0866. The summed E-state index contributed by atoms with van der Waals surface area (Å²) in [5.41, 5.74) is 6.61. The zero-order valence-corrected chi connectivity index (χ0v) is 22.8. The molecule has 4 amide bonds. The van der Waals surface area contributed by atoms with Crippen LogP contribution in [0.25, 0.3) is 0 Å². The summed E-state index contributed by atoms with van der Waals surface area (Å²) in [6.07, 6.45) is -0.972. The summed E-state index contributed by atoms with van der Waals surface area (Å²) in [5, 5.41) is 16.2. The van der Waals surface area contributed by atoms with Crippen molar-refractivity contribution in [2.75, 3.05) is 11.9 Å². The number of carbonyl (C=O) groups excluding carboxylic acids is 4. The van der Waals surface area contributed by atoms with E-state index in [0.717, 1.165) is 5.56 Å². The molecule has 206 valence electrons. The minimum atomic E-state index is -1.39. The number of hydrogen-bond donors (Lipinski definition) is 4. The number of aromatic hydroxyl groups is 1. The Hall–Kier alpha value is -4.08. The summed E-state index contributed by atoms with van der Waals surface area (Å²) in [6, 6.07) is 9.40. The van der Waals surface area contributed by atoms with Crippen LogP contribution >= 0.6 is 0 Å². The van der Waals surface area contributed by atoms with Crippen LogP contribution in [0, 0.1) is 13.8 Å². The second kappa shape index (κ2) is 12.9. The lowest BCUT2D eigenvalue weighted by molar-refractivity contribution is -0.142. The maximum atomic E-state index is 13.9. The molecule has 0 aromatic heterocycles. The molecule has 0 aliphatic carbocycles. The second-order valence-electron chi connectivity index (χ2n) is 10.1. The third-order valence-corrected chi connectivity index (χ3v) is 5.67. The number of ether oxygens (including phenoxy) is 1. The molecule has 0 saturated heterocycles. The second-order valence-corrected chi connectivity index (χ2v) is 10.1. The Bertz CT molecular complexity index is 1170. The Labute approximate surface area is 223 Å². The van der Waals surface area contributed by atoms with Crippen molar-refractivity contribution in [1.29, 1.82) is 0 Å². The lowest BCUT2D eigenvalue weighted by atomic mass is 9.98. The normalized spacial score (nSPS) is 12.7. The number of nitrogens with zero attached hydrogens (tertiary/aromatic N) is 1. The van der Waals surface area contributed by atoms with Gasteiger partial charge in [0.15, 0.2) is 0 Å². The highest BCUT2D eigenvalue weighted by molar-refractivity contribution is 6.00. The number of primary amides is 1. The molecule has 0 aliphatic rings. The first-order valence-corrected chi connectivity index (χ1v) is 12.5. The molecular formula is C28H38N4O6. The fourth-order valence-corrected chi connectivity index (χ4v) is 3.93. The molecule has 0 radical (unpaired) electrons. The minimum Gasteiger partial charge on any atom is -0.507 e. The van der Waals surface area contributed by atoms with Gasteiger partial charge in [-0.05, 0) is 58.2 Å². The molecule has 0 aliphatic heterocycles. The summed E-state index contributed by atoms with van der Waals surface area (Å²) in [4.78, 5) is 53.3. The molecule has 0 bridgehead atoms. The molecular weight excluding hydrogens is 488 g/mol. The summed E-state index contributed by atoms with van der Waals surface area (Å²) < 4.78 is 5.27. The first kappa shape index (κ1) is 30.1. The first-order valence-electron chi connectivity index (χ1n) is 12.5. The molecule has 0 fully saturated rings. The highest BCUT2D eigenvalue weighted by atomic mass is 16.6. The average Bonchev–Trinajstić information content (AvgIpc) is 2.80. The summed E-state index contributed by atoms with van der Waals surface area (Å²) in [7, 11) is 0. The lowest BCUT2D eigenvalue weighted by Gasteiger charge is -2.34. The zero-order chi connectivity index (χ0) is 28.6. The van der Waals surface area contributed by atoms with Crippen molar-refractivity contribution in [3.8, 4) is 5.75 Å². The Morgan fingerprint density at radius 3 is 2.24 bits per heavy atom. The maximum Gasteiger partial charge on any atom is 0.408 e. The van der Waals surface area contributed by atoms with Gasteiger partial charge in [-0.2, -0.15) is 0 Å². The molecule has 0 spiro atoms. The molecule has 0 heterocycles.